The van der Waals surface area contributed by atoms with Crippen LogP contribution in [-0.4, -0.2) is 19.1 Å². The molecule has 0 fully saturated rings. The van der Waals surface area contributed by atoms with Crippen LogP contribution in [0, 0.1) is 0 Å². The third kappa shape index (κ3) is 3.50. The predicted molar refractivity (Wildman–Crippen MR) is 94.4 cm³/mol. The quantitative estimate of drug-likeness (QED) is 0.625. The molecule has 0 bridgehead atoms. The predicted octanol–water partition coefficient (Wildman–Crippen LogP) is 5.50. The summed E-state index contributed by atoms with van der Waals surface area (Å²) in [6.45, 7) is 0. The molecule has 25 heavy (non-hydrogen) atoms. The Labute approximate surface area is 144 Å². The lowest BCUT2D eigenvalue weighted by Gasteiger charge is -2.22. The highest BCUT2D eigenvalue weighted by atomic mass is 19.4. The van der Waals surface area contributed by atoms with Gasteiger partial charge in [-0.05, 0) is 23.3 Å². The van der Waals surface area contributed by atoms with Crippen LogP contribution in [0.1, 0.15) is 5.56 Å². The van der Waals surface area contributed by atoms with E-state index in [1.54, 1.807) is 18.5 Å². The summed E-state index contributed by atoms with van der Waals surface area (Å²) in [5.41, 5.74) is 3.16. The van der Waals surface area contributed by atoms with Crippen molar-refractivity contribution in [3.05, 3.63) is 72.6 Å². The van der Waals surface area contributed by atoms with Gasteiger partial charge in [0.25, 0.3) is 0 Å². The van der Waals surface area contributed by atoms with E-state index in [2.05, 4.69) is 4.98 Å². The Bertz CT molecular complexity index is 872. The van der Waals surface area contributed by atoms with Crippen LogP contribution >= 0.6 is 0 Å². The Morgan fingerprint density at radius 3 is 2.00 bits per heavy atom. The Balaban J connectivity index is 2.21. The molecule has 0 spiro atoms. The first-order valence-electron chi connectivity index (χ1n) is 7.76. The van der Waals surface area contributed by atoms with Crippen molar-refractivity contribution in [3.8, 4) is 22.3 Å². The van der Waals surface area contributed by atoms with E-state index >= 15 is 0 Å². The van der Waals surface area contributed by atoms with Gasteiger partial charge in [0.05, 0.1) is 11.3 Å². The maximum atomic E-state index is 13.1. The molecular weight excluding hydrogens is 325 g/mol. The van der Waals surface area contributed by atoms with Crippen molar-refractivity contribution in [2.24, 2.45) is 0 Å². The van der Waals surface area contributed by atoms with Crippen molar-refractivity contribution >= 4 is 5.69 Å². The summed E-state index contributed by atoms with van der Waals surface area (Å²) in [5, 5.41) is 0. The topological polar surface area (TPSA) is 16.1 Å². The van der Waals surface area contributed by atoms with E-state index in [9.17, 15) is 13.2 Å². The first-order chi connectivity index (χ1) is 11.9. The lowest BCUT2D eigenvalue weighted by atomic mass is 9.97. The molecule has 0 saturated heterocycles. The second kappa shape index (κ2) is 6.59. The number of halogens is 3. The number of nitrogens with zero attached hydrogens (tertiary/aromatic N) is 2. The Kier molecular flexibility index (Phi) is 4.49. The molecule has 3 aromatic rings. The average molecular weight is 342 g/mol. The summed E-state index contributed by atoms with van der Waals surface area (Å²) in [4.78, 5) is 6.17. The second-order valence-electron chi connectivity index (χ2n) is 5.92. The minimum atomic E-state index is -4.38. The molecule has 0 amide bonds. The Morgan fingerprint density at radius 2 is 1.40 bits per heavy atom. The molecule has 128 valence electrons. The number of pyridine rings is 1. The van der Waals surface area contributed by atoms with E-state index in [0.29, 0.717) is 11.1 Å². The van der Waals surface area contributed by atoms with E-state index in [4.69, 9.17) is 0 Å². The molecule has 0 aliphatic heterocycles. The van der Waals surface area contributed by atoms with Crippen molar-refractivity contribution < 1.29 is 13.2 Å². The minimum Gasteiger partial charge on any atom is -0.377 e. The Morgan fingerprint density at radius 1 is 0.800 bits per heavy atom. The highest BCUT2D eigenvalue weighted by molar-refractivity contribution is 5.90. The molecule has 0 unspecified atom stereocenters. The van der Waals surface area contributed by atoms with E-state index in [0.717, 1.165) is 22.9 Å². The minimum absolute atomic E-state index is 0.490. The largest absolute Gasteiger partial charge is 0.416 e. The maximum absolute atomic E-state index is 13.1. The summed E-state index contributed by atoms with van der Waals surface area (Å²) >= 11 is 0. The van der Waals surface area contributed by atoms with Gasteiger partial charge >= 0.3 is 6.18 Å². The van der Waals surface area contributed by atoms with Crippen LogP contribution in [0.5, 0.6) is 0 Å². The molecule has 5 heteroatoms. The summed E-state index contributed by atoms with van der Waals surface area (Å²) in [6.07, 6.45) is -1.03. The van der Waals surface area contributed by atoms with Gasteiger partial charge in [0.1, 0.15) is 0 Å². The van der Waals surface area contributed by atoms with Gasteiger partial charge in [-0.3, -0.25) is 4.98 Å². The number of alkyl halides is 3. The van der Waals surface area contributed by atoms with Gasteiger partial charge in [0.15, 0.2) is 0 Å². The number of aromatic nitrogens is 1. The molecule has 1 heterocycles. The molecule has 0 atom stereocenters. The van der Waals surface area contributed by atoms with E-state index in [1.807, 2.05) is 49.3 Å². The number of hydrogen-bond acceptors (Lipinski definition) is 2. The zero-order chi connectivity index (χ0) is 18.0. The van der Waals surface area contributed by atoms with Crippen LogP contribution in [0.2, 0.25) is 0 Å². The molecular formula is C20H17F3N2. The number of anilines is 1. The third-order valence-corrected chi connectivity index (χ3v) is 3.95. The monoisotopic (exact) mass is 342 g/mol. The van der Waals surface area contributed by atoms with Crippen LogP contribution in [-0.2, 0) is 6.18 Å². The van der Waals surface area contributed by atoms with Crippen LogP contribution < -0.4 is 4.90 Å². The van der Waals surface area contributed by atoms with Gasteiger partial charge in [-0.15, -0.1) is 0 Å². The summed E-state index contributed by atoms with van der Waals surface area (Å²) in [6, 6.07) is 15.0. The highest BCUT2D eigenvalue weighted by Crippen LogP contribution is 2.39. The van der Waals surface area contributed by atoms with Crippen molar-refractivity contribution in [1.82, 2.24) is 4.98 Å². The average Bonchev–Trinajstić information content (AvgIpc) is 2.61. The zero-order valence-electron chi connectivity index (χ0n) is 13.9. The molecule has 0 aliphatic rings. The fraction of sp³-hybridized carbons (Fsp3) is 0.150. The second-order valence-corrected chi connectivity index (χ2v) is 5.92. The van der Waals surface area contributed by atoms with Crippen LogP contribution in [0.25, 0.3) is 22.3 Å². The lowest BCUT2D eigenvalue weighted by molar-refractivity contribution is -0.137. The molecule has 2 nitrogen and oxygen atoms in total. The molecule has 0 radical (unpaired) electrons. The van der Waals surface area contributed by atoms with E-state index in [1.165, 1.54) is 12.1 Å². The highest BCUT2D eigenvalue weighted by Gasteiger charge is 2.30. The summed E-state index contributed by atoms with van der Waals surface area (Å²) in [7, 11) is 3.75. The van der Waals surface area contributed by atoms with Gasteiger partial charge in [0.2, 0.25) is 0 Å². The van der Waals surface area contributed by atoms with Crippen LogP contribution in [0.3, 0.4) is 0 Å². The summed E-state index contributed by atoms with van der Waals surface area (Å²) in [5.74, 6) is 0. The van der Waals surface area contributed by atoms with E-state index < -0.39 is 11.7 Å². The SMILES string of the molecule is CN(C)c1c(-c2ccccc2)cncc1-c1cccc(C(F)(F)F)c1. The zero-order valence-corrected chi connectivity index (χ0v) is 13.9. The fourth-order valence-electron chi connectivity index (χ4n) is 2.84. The van der Waals surface area contributed by atoms with E-state index in [-0.39, 0.29) is 0 Å². The number of benzene rings is 2. The maximum Gasteiger partial charge on any atom is 0.416 e. The van der Waals surface area contributed by atoms with Gasteiger partial charge in [-0.1, -0.05) is 42.5 Å². The lowest BCUT2D eigenvalue weighted by Crippen LogP contribution is -2.12. The Hall–Kier alpha value is -2.82. The van der Waals surface area contributed by atoms with Crippen molar-refractivity contribution in [1.29, 1.82) is 0 Å². The number of rotatable bonds is 3. The molecule has 2 aromatic carbocycles. The normalized spacial score (nSPS) is 11.4. The molecule has 3 rings (SSSR count). The molecule has 1 aromatic heterocycles. The standard InChI is InChI=1S/C20H17F3N2/c1-25(2)19-17(14-7-4-3-5-8-14)12-24-13-18(19)15-9-6-10-16(11-15)20(21,22)23/h3-13H,1-2H3. The van der Waals surface area contributed by atoms with Crippen molar-refractivity contribution in [2.75, 3.05) is 19.0 Å². The number of hydrogen-bond donors (Lipinski definition) is 0. The van der Waals surface area contributed by atoms with Gasteiger partial charge in [-0.25, -0.2) is 0 Å². The first kappa shape index (κ1) is 17.0. The fourth-order valence-corrected chi connectivity index (χ4v) is 2.84. The van der Waals surface area contributed by atoms with Crippen LogP contribution in [0.4, 0.5) is 18.9 Å². The third-order valence-electron chi connectivity index (χ3n) is 3.95. The molecule has 0 aliphatic carbocycles. The molecule has 0 saturated carbocycles. The molecule has 0 N–H and O–H groups in total. The van der Waals surface area contributed by atoms with Crippen LogP contribution in [0.15, 0.2) is 67.0 Å². The summed E-state index contributed by atoms with van der Waals surface area (Å²) < 4.78 is 39.2. The van der Waals surface area contributed by atoms with Gasteiger partial charge in [-0.2, -0.15) is 13.2 Å². The first-order valence-corrected chi connectivity index (χ1v) is 7.76. The van der Waals surface area contributed by atoms with Crippen molar-refractivity contribution in [2.45, 2.75) is 6.18 Å². The van der Waals surface area contributed by atoms with Gasteiger partial charge < -0.3 is 4.90 Å². The van der Waals surface area contributed by atoms with Gasteiger partial charge in [0, 0.05) is 37.6 Å². The smallest absolute Gasteiger partial charge is 0.377 e. The van der Waals surface area contributed by atoms with Crippen molar-refractivity contribution in [3.63, 3.8) is 0 Å².